The summed E-state index contributed by atoms with van der Waals surface area (Å²) < 4.78 is 5.63. The van der Waals surface area contributed by atoms with E-state index in [-0.39, 0.29) is 25.0 Å². The minimum atomic E-state index is -1.13. The number of nitrogens with one attached hydrogen (secondary N) is 2. The molecule has 0 spiro atoms. The number of carboxylic acid groups (broad SMARTS) is 1. The van der Waals surface area contributed by atoms with Gasteiger partial charge in [0, 0.05) is 19.0 Å². The number of hydrogen-bond acceptors (Lipinski definition) is 5. The van der Waals surface area contributed by atoms with Crippen molar-refractivity contribution in [3.8, 4) is 11.1 Å². The van der Waals surface area contributed by atoms with Crippen LogP contribution in [0.4, 0.5) is 4.79 Å². The van der Waals surface area contributed by atoms with E-state index in [9.17, 15) is 19.5 Å². The Morgan fingerprint density at radius 1 is 0.897 bits per heavy atom. The molecular formula is C31H33N3O5. The first-order chi connectivity index (χ1) is 18.9. The molecule has 1 fully saturated rings. The lowest BCUT2D eigenvalue weighted by atomic mass is 9.98. The van der Waals surface area contributed by atoms with E-state index in [0.29, 0.717) is 6.54 Å². The molecule has 0 radical (unpaired) electrons. The van der Waals surface area contributed by atoms with Crippen molar-refractivity contribution < 1.29 is 24.2 Å². The van der Waals surface area contributed by atoms with E-state index < -0.39 is 30.1 Å². The number of carbonyl (C=O) groups is 3. The summed E-state index contributed by atoms with van der Waals surface area (Å²) in [6, 6.07) is 23.9. The fourth-order valence-corrected chi connectivity index (χ4v) is 5.31. The first-order valence-electron chi connectivity index (χ1n) is 13.3. The van der Waals surface area contributed by atoms with Crippen molar-refractivity contribution >= 4 is 18.0 Å². The molecule has 2 unspecified atom stereocenters. The van der Waals surface area contributed by atoms with E-state index in [1.807, 2.05) is 78.7 Å². The molecule has 0 aliphatic heterocycles. The van der Waals surface area contributed by atoms with Crippen LogP contribution in [0.1, 0.15) is 35.4 Å². The Labute approximate surface area is 228 Å². The minimum absolute atomic E-state index is 0.0398. The average molecular weight is 528 g/mol. The number of fused-ring (bicyclic) bond motifs is 3. The highest BCUT2D eigenvalue weighted by Crippen LogP contribution is 2.44. The molecule has 3 aromatic carbocycles. The molecule has 0 saturated heterocycles. The highest BCUT2D eigenvalue weighted by molar-refractivity contribution is 5.90. The fourth-order valence-electron chi connectivity index (χ4n) is 5.31. The summed E-state index contributed by atoms with van der Waals surface area (Å²) >= 11 is 0. The third-order valence-corrected chi connectivity index (χ3v) is 7.40. The van der Waals surface area contributed by atoms with Crippen LogP contribution in [0, 0.1) is 5.92 Å². The molecule has 1 saturated carbocycles. The number of likely N-dealkylation sites (N-methyl/N-ethyl adjacent to an activating group) is 1. The second-order valence-electron chi connectivity index (χ2n) is 10.4. The number of carbonyl (C=O) groups excluding carboxylic acids is 2. The monoisotopic (exact) mass is 527 g/mol. The van der Waals surface area contributed by atoms with Crippen LogP contribution in [0.15, 0.2) is 78.9 Å². The number of amides is 2. The quantitative estimate of drug-likeness (QED) is 0.348. The van der Waals surface area contributed by atoms with Gasteiger partial charge in [-0.05, 0) is 53.6 Å². The SMILES string of the molecule is CN(Cc1ccccc1)CC(NC(=O)C(NC(=O)OCC1c2ccccc2-c2ccccc21)C1CC1)C(=O)O. The minimum Gasteiger partial charge on any atom is -0.480 e. The zero-order chi connectivity index (χ0) is 27.4. The van der Waals surface area contributed by atoms with Crippen molar-refractivity contribution in [3.63, 3.8) is 0 Å². The Kier molecular flexibility index (Phi) is 7.93. The van der Waals surface area contributed by atoms with E-state index in [1.54, 1.807) is 0 Å². The highest BCUT2D eigenvalue weighted by atomic mass is 16.5. The van der Waals surface area contributed by atoms with Gasteiger partial charge in [-0.3, -0.25) is 9.69 Å². The smallest absolute Gasteiger partial charge is 0.407 e. The van der Waals surface area contributed by atoms with Gasteiger partial charge in [-0.2, -0.15) is 0 Å². The van der Waals surface area contributed by atoms with Crippen molar-refractivity contribution in [1.82, 2.24) is 15.5 Å². The van der Waals surface area contributed by atoms with Crippen molar-refractivity contribution in [2.24, 2.45) is 5.92 Å². The normalized spacial score (nSPS) is 15.6. The maximum Gasteiger partial charge on any atom is 0.407 e. The molecule has 0 heterocycles. The molecule has 8 nitrogen and oxygen atoms in total. The molecule has 2 amide bonds. The summed E-state index contributed by atoms with van der Waals surface area (Å²) in [5, 5.41) is 15.1. The summed E-state index contributed by atoms with van der Waals surface area (Å²) in [4.78, 5) is 39.8. The molecule has 39 heavy (non-hydrogen) atoms. The van der Waals surface area contributed by atoms with Gasteiger partial charge in [0.2, 0.25) is 5.91 Å². The molecule has 3 aromatic rings. The van der Waals surface area contributed by atoms with Crippen LogP contribution in [0.5, 0.6) is 0 Å². The largest absolute Gasteiger partial charge is 0.480 e. The van der Waals surface area contributed by atoms with Crippen LogP contribution < -0.4 is 10.6 Å². The van der Waals surface area contributed by atoms with Gasteiger partial charge in [-0.25, -0.2) is 9.59 Å². The van der Waals surface area contributed by atoms with E-state index in [2.05, 4.69) is 22.8 Å². The molecule has 8 heteroatoms. The Morgan fingerprint density at radius 2 is 1.49 bits per heavy atom. The average Bonchev–Trinajstić information content (AvgIpc) is 3.73. The van der Waals surface area contributed by atoms with Gasteiger partial charge >= 0.3 is 12.1 Å². The summed E-state index contributed by atoms with van der Waals surface area (Å²) in [6.07, 6.45) is 0.887. The number of aliphatic carboxylic acids is 1. The first-order valence-corrected chi connectivity index (χ1v) is 13.3. The zero-order valence-electron chi connectivity index (χ0n) is 21.9. The summed E-state index contributed by atoms with van der Waals surface area (Å²) in [5.74, 6) is -1.76. The molecule has 2 atom stereocenters. The Hall–Kier alpha value is -4.17. The number of benzene rings is 3. The van der Waals surface area contributed by atoms with Gasteiger partial charge in [-0.1, -0.05) is 78.9 Å². The summed E-state index contributed by atoms with van der Waals surface area (Å²) in [5.41, 5.74) is 5.52. The van der Waals surface area contributed by atoms with Crippen molar-refractivity contribution in [3.05, 3.63) is 95.6 Å². The Balaban J connectivity index is 1.18. The third kappa shape index (κ3) is 6.29. The van der Waals surface area contributed by atoms with Gasteiger partial charge in [0.1, 0.15) is 18.7 Å². The number of ether oxygens (including phenoxy) is 1. The fraction of sp³-hybridized carbons (Fsp3) is 0.323. The lowest BCUT2D eigenvalue weighted by Crippen LogP contribution is -2.55. The Bertz CT molecular complexity index is 1300. The molecule has 5 rings (SSSR count). The van der Waals surface area contributed by atoms with Gasteiger partial charge in [-0.15, -0.1) is 0 Å². The summed E-state index contributed by atoms with van der Waals surface area (Å²) in [6.45, 7) is 0.809. The number of carboxylic acids is 1. The lowest BCUT2D eigenvalue weighted by Gasteiger charge is -2.25. The van der Waals surface area contributed by atoms with Crippen molar-refractivity contribution in [2.75, 3.05) is 20.2 Å². The molecule has 202 valence electrons. The predicted molar refractivity (Wildman–Crippen MR) is 147 cm³/mol. The molecule has 2 aliphatic carbocycles. The van der Waals surface area contributed by atoms with E-state index >= 15 is 0 Å². The second-order valence-corrected chi connectivity index (χ2v) is 10.4. The first kappa shape index (κ1) is 26.4. The summed E-state index contributed by atoms with van der Waals surface area (Å²) in [7, 11) is 1.81. The van der Waals surface area contributed by atoms with Gasteiger partial charge in [0.15, 0.2) is 0 Å². The highest BCUT2D eigenvalue weighted by Gasteiger charge is 2.39. The van der Waals surface area contributed by atoms with Gasteiger partial charge in [0.25, 0.3) is 0 Å². The van der Waals surface area contributed by atoms with Crippen LogP contribution >= 0.6 is 0 Å². The number of alkyl carbamates (subject to hydrolysis) is 1. The number of rotatable bonds is 11. The molecule has 0 bridgehead atoms. The Morgan fingerprint density at radius 3 is 2.08 bits per heavy atom. The van der Waals surface area contributed by atoms with E-state index in [0.717, 1.165) is 40.7 Å². The van der Waals surface area contributed by atoms with Crippen molar-refractivity contribution in [1.29, 1.82) is 0 Å². The van der Waals surface area contributed by atoms with Crippen LogP contribution in [0.25, 0.3) is 11.1 Å². The van der Waals surface area contributed by atoms with Crippen LogP contribution in [-0.2, 0) is 20.9 Å². The van der Waals surface area contributed by atoms with E-state index in [4.69, 9.17) is 4.74 Å². The molecular weight excluding hydrogens is 494 g/mol. The standard InChI is InChI=1S/C31H33N3O5/c1-34(17-20-9-3-2-4-10-20)18-27(30(36)37)32-29(35)28(21-15-16-21)33-31(38)39-19-26-24-13-7-5-11-22(24)23-12-6-8-14-25(23)26/h2-14,21,26-28H,15-19H2,1H3,(H,32,35)(H,33,38)(H,36,37). The molecule has 0 aromatic heterocycles. The topological polar surface area (TPSA) is 108 Å². The maximum absolute atomic E-state index is 13.1. The second kappa shape index (κ2) is 11.7. The number of nitrogens with zero attached hydrogens (tertiary/aromatic N) is 1. The number of hydrogen-bond donors (Lipinski definition) is 3. The van der Waals surface area contributed by atoms with Crippen LogP contribution in [-0.4, -0.2) is 60.3 Å². The molecule has 3 N–H and O–H groups in total. The van der Waals surface area contributed by atoms with Gasteiger partial charge in [0.05, 0.1) is 0 Å². The molecule has 2 aliphatic rings. The van der Waals surface area contributed by atoms with Crippen LogP contribution in [0.3, 0.4) is 0 Å². The zero-order valence-corrected chi connectivity index (χ0v) is 21.9. The van der Waals surface area contributed by atoms with Crippen molar-refractivity contribution in [2.45, 2.75) is 37.4 Å². The third-order valence-electron chi connectivity index (χ3n) is 7.40. The maximum atomic E-state index is 13.1. The predicted octanol–water partition coefficient (Wildman–Crippen LogP) is 4.01. The van der Waals surface area contributed by atoms with Gasteiger partial charge < -0.3 is 20.5 Å². The van der Waals surface area contributed by atoms with E-state index in [1.165, 1.54) is 0 Å². The lowest BCUT2D eigenvalue weighted by molar-refractivity contribution is -0.142. The van der Waals surface area contributed by atoms with Crippen LogP contribution in [0.2, 0.25) is 0 Å².